The number of nitrogens with zero attached hydrogens (tertiary/aromatic N) is 3. The molecule has 1 aromatic heterocycles. The van der Waals surface area contributed by atoms with Crippen LogP contribution in [-0.4, -0.2) is 41.2 Å². The van der Waals surface area contributed by atoms with Gasteiger partial charge in [-0.2, -0.15) is 5.10 Å². The van der Waals surface area contributed by atoms with Gasteiger partial charge in [-0.15, -0.1) is 0 Å². The Hall–Kier alpha value is -2.21. The zero-order valence-corrected chi connectivity index (χ0v) is 14.8. The fourth-order valence-corrected chi connectivity index (χ4v) is 3.49. The van der Waals surface area contributed by atoms with Crippen LogP contribution >= 0.6 is 0 Å². The summed E-state index contributed by atoms with van der Waals surface area (Å²) < 4.78 is 15.1. The van der Waals surface area contributed by atoms with Crippen LogP contribution in [0.5, 0.6) is 0 Å². The monoisotopic (exact) mass is 344 g/mol. The van der Waals surface area contributed by atoms with Crippen molar-refractivity contribution < 1.29 is 9.18 Å². The van der Waals surface area contributed by atoms with Crippen molar-refractivity contribution in [1.29, 1.82) is 0 Å². The van der Waals surface area contributed by atoms with Crippen LogP contribution in [0.3, 0.4) is 0 Å². The smallest absolute Gasteiger partial charge is 0.236 e. The van der Waals surface area contributed by atoms with Gasteiger partial charge in [0.1, 0.15) is 5.82 Å². The van der Waals surface area contributed by atoms with E-state index < -0.39 is 5.41 Å². The Morgan fingerprint density at radius 2 is 1.92 bits per heavy atom. The molecule has 1 aliphatic rings. The number of amides is 1. The molecule has 6 heteroatoms. The molecule has 0 atom stereocenters. The topological polar surface area (TPSA) is 50.2 Å². The van der Waals surface area contributed by atoms with E-state index in [2.05, 4.69) is 15.3 Å². The van der Waals surface area contributed by atoms with E-state index in [4.69, 9.17) is 0 Å². The lowest BCUT2D eigenvalue weighted by Crippen LogP contribution is -2.38. The zero-order valence-electron chi connectivity index (χ0n) is 14.8. The average Bonchev–Trinajstić information content (AvgIpc) is 3.23. The van der Waals surface area contributed by atoms with Gasteiger partial charge >= 0.3 is 0 Å². The highest BCUT2D eigenvalue weighted by molar-refractivity contribution is 5.98. The average molecular weight is 344 g/mol. The Labute approximate surface area is 147 Å². The van der Waals surface area contributed by atoms with Crippen molar-refractivity contribution in [3.05, 3.63) is 47.9 Å². The van der Waals surface area contributed by atoms with Crippen LogP contribution in [0.2, 0.25) is 0 Å². The summed E-state index contributed by atoms with van der Waals surface area (Å²) >= 11 is 0. The third-order valence-electron chi connectivity index (χ3n) is 4.95. The standard InChI is InChI=1S/C19H25FN4O/c1-23(2)13-14-24-12-9-17(22-24)21-18(25)19(10-3-4-11-19)15-5-7-16(20)8-6-15/h5-9,12H,3-4,10-11,13-14H2,1-2H3,(H,21,22,25). The number of carbonyl (C=O) groups is 1. The molecule has 1 saturated carbocycles. The molecular weight excluding hydrogens is 319 g/mol. The molecule has 0 bridgehead atoms. The summed E-state index contributed by atoms with van der Waals surface area (Å²) in [6.07, 6.45) is 5.44. The van der Waals surface area contributed by atoms with E-state index in [1.807, 2.05) is 31.0 Å². The number of aromatic nitrogens is 2. The van der Waals surface area contributed by atoms with Crippen molar-refractivity contribution in [2.75, 3.05) is 26.0 Å². The Kier molecular flexibility index (Phi) is 5.18. The van der Waals surface area contributed by atoms with Crippen molar-refractivity contribution in [3.8, 4) is 0 Å². The summed E-state index contributed by atoms with van der Waals surface area (Å²) in [4.78, 5) is 15.1. The molecule has 1 heterocycles. The SMILES string of the molecule is CN(C)CCn1ccc(NC(=O)C2(c3ccc(F)cc3)CCCC2)n1. The van der Waals surface area contributed by atoms with Gasteiger partial charge < -0.3 is 10.2 Å². The van der Waals surface area contributed by atoms with Gasteiger partial charge in [-0.25, -0.2) is 4.39 Å². The maximum Gasteiger partial charge on any atom is 0.236 e. The Morgan fingerprint density at radius 3 is 2.56 bits per heavy atom. The lowest BCUT2D eigenvalue weighted by molar-refractivity contribution is -0.121. The van der Waals surface area contributed by atoms with E-state index >= 15 is 0 Å². The lowest BCUT2D eigenvalue weighted by atomic mass is 9.78. The molecule has 0 spiro atoms. The summed E-state index contributed by atoms with van der Waals surface area (Å²) in [5, 5.41) is 7.40. The number of hydrogen-bond acceptors (Lipinski definition) is 3. The molecule has 1 aromatic carbocycles. The number of rotatable bonds is 6. The maximum absolute atomic E-state index is 13.3. The highest BCUT2D eigenvalue weighted by Gasteiger charge is 2.42. The number of nitrogens with one attached hydrogen (secondary N) is 1. The molecule has 0 aliphatic heterocycles. The normalized spacial score (nSPS) is 16.3. The minimum Gasteiger partial charge on any atom is -0.308 e. The van der Waals surface area contributed by atoms with Gasteiger partial charge in [-0.3, -0.25) is 9.48 Å². The molecule has 0 saturated heterocycles. The molecule has 1 fully saturated rings. The van der Waals surface area contributed by atoms with Gasteiger partial charge in [-0.1, -0.05) is 25.0 Å². The lowest BCUT2D eigenvalue weighted by Gasteiger charge is -2.27. The van der Waals surface area contributed by atoms with Crippen LogP contribution in [0.4, 0.5) is 10.2 Å². The summed E-state index contributed by atoms with van der Waals surface area (Å²) in [6.45, 7) is 1.65. The van der Waals surface area contributed by atoms with E-state index in [1.54, 1.807) is 12.1 Å². The van der Waals surface area contributed by atoms with Gasteiger partial charge in [0.25, 0.3) is 0 Å². The Balaban J connectivity index is 1.75. The predicted molar refractivity (Wildman–Crippen MR) is 96.0 cm³/mol. The minimum absolute atomic E-state index is 0.0468. The van der Waals surface area contributed by atoms with E-state index in [-0.39, 0.29) is 11.7 Å². The minimum atomic E-state index is -0.582. The molecule has 0 unspecified atom stereocenters. The number of carbonyl (C=O) groups excluding carboxylic acids is 1. The van der Waals surface area contributed by atoms with Crippen molar-refractivity contribution in [2.24, 2.45) is 0 Å². The highest BCUT2D eigenvalue weighted by atomic mass is 19.1. The van der Waals surface area contributed by atoms with Crippen LogP contribution in [-0.2, 0) is 16.8 Å². The van der Waals surface area contributed by atoms with Gasteiger partial charge in [0.2, 0.25) is 5.91 Å². The van der Waals surface area contributed by atoms with Crippen molar-refractivity contribution in [2.45, 2.75) is 37.6 Å². The van der Waals surface area contributed by atoms with Crippen LogP contribution < -0.4 is 5.32 Å². The molecule has 1 amide bonds. The maximum atomic E-state index is 13.3. The molecule has 1 N–H and O–H groups in total. The first kappa shape index (κ1) is 17.6. The third kappa shape index (κ3) is 3.90. The molecule has 3 rings (SSSR count). The quantitative estimate of drug-likeness (QED) is 0.876. The molecule has 0 radical (unpaired) electrons. The number of halogens is 1. The largest absolute Gasteiger partial charge is 0.308 e. The van der Waals surface area contributed by atoms with Crippen molar-refractivity contribution in [3.63, 3.8) is 0 Å². The first-order valence-corrected chi connectivity index (χ1v) is 8.75. The Morgan fingerprint density at radius 1 is 1.24 bits per heavy atom. The van der Waals surface area contributed by atoms with Crippen molar-refractivity contribution >= 4 is 11.7 Å². The van der Waals surface area contributed by atoms with Crippen LogP contribution in [0.1, 0.15) is 31.2 Å². The number of anilines is 1. The second-order valence-corrected chi connectivity index (χ2v) is 7.02. The summed E-state index contributed by atoms with van der Waals surface area (Å²) in [5.41, 5.74) is 0.303. The van der Waals surface area contributed by atoms with E-state index in [1.165, 1.54) is 12.1 Å². The fourth-order valence-electron chi connectivity index (χ4n) is 3.49. The summed E-state index contributed by atoms with van der Waals surface area (Å²) in [6, 6.07) is 8.14. The molecule has 5 nitrogen and oxygen atoms in total. The third-order valence-corrected chi connectivity index (χ3v) is 4.95. The van der Waals surface area contributed by atoms with Crippen LogP contribution in [0.25, 0.3) is 0 Å². The van der Waals surface area contributed by atoms with E-state index in [0.29, 0.717) is 5.82 Å². The summed E-state index contributed by atoms with van der Waals surface area (Å²) in [7, 11) is 4.03. The van der Waals surface area contributed by atoms with Crippen LogP contribution in [0, 0.1) is 5.82 Å². The molecule has 134 valence electrons. The second kappa shape index (κ2) is 7.35. The molecule has 25 heavy (non-hydrogen) atoms. The second-order valence-electron chi connectivity index (χ2n) is 7.02. The highest BCUT2D eigenvalue weighted by Crippen LogP contribution is 2.42. The summed E-state index contributed by atoms with van der Waals surface area (Å²) in [5.74, 6) is 0.239. The fraction of sp³-hybridized carbons (Fsp3) is 0.474. The van der Waals surface area contributed by atoms with Crippen LogP contribution in [0.15, 0.2) is 36.5 Å². The van der Waals surface area contributed by atoms with Gasteiger partial charge in [0.05, 0.1) is 12.0 Å². The first-order valence-electron chi connectivity index (χ1n) is 8.75. The molecule has 2 aromatic rings. The zero-order chi connectivity index (χ0) is 17.9. The number of benzene rings is 1. The molecule has 1 aliphatic carbocycles. The van der Waals surface area contributed by atoms with Gasteiger partial charge in [0, 0.05) is 18.8 Å². The van der Waals surface area contributed by atoms with Gasteiger partial charge in [-0.05, 0) is 44.6 Å². The predicted octanol–water partition coefficient (Wildman–Crippen LogP) is 3.03. The Bertz CT molecular complexity index is 717. The van der Waals surface area contributed by atoms with E-state index in [0.717, 1.165) is 44.3 Å². The van der Waals surface area contributed by atoms with Crippen molar-refractivity contribution in [1.82, 2.24) is 14.7 Å². The number of likely N-dealkylation sites (N-methyl/N-ethyl adjacent to an activating group) is 1. The first-order chi connectivity index (χ1) is 12.0. The molecular formula is C19H25FN4O. The van der Waals surface area contributed by atoms with Gasteiger partial charge in [0.15, 0.2) is 5.82 Å². The van der Waals surface area contributed by atoms with E-state index in [9.17, 15) is 9.18 Å². The number of hydrogen-bond donors (Lipinski definition) is 1.